The molecule has 9 heteroatoms. The molecule has 0 bridgehead atoms. The van der Waals surface area contributed by atoms with Gasteiger partial charge in [-0.3, -0.25) is 5.32 Å². The summed E-state index contributed by atoms with van der Waals surface area (Å²) in [5.74, 6) is 0.499. The van der Waals surface area contributed by atoms with Crippen LogP contribution in [0, 0.1) is 6.92 Å². The number of halogens is 2. The lowest BCUT2D eigenvalue weighted by Crippen LogP contribution is -1.99. The van der Waals surface area contributed by atoms with E-state index >= 15 is 0 Å². The molecule has 0 atom stereocenters. The third-order valence-electron chi connectivity index (χ3n) is 4.14. The van der Waals surface area contributed by atoms with Crippen LogP contribution in [0.15, 0.2) is 34.5 Å². The number of nitrogens with one attached hydrogen (secondary N) is 1. The van der Waals surface area contributed by atoms with Gasteiger partial charge in [0, 0.05) is 35.6 Å². The van der Waals surface area contributed by atoms with Gasteiger partial charge in [-0.1, -0.05) is 22.9 Å². The number of fused-ring (bicyclic) bond motifs is 1. The van der Waals surface area contributed by atoms with E-state index < -0.39 is 0 Å². The first-order valence-electron chi connectivity index (χ1n) is 8.32. The Bertz CT molecular complexity index is 1120. The summed E-state index contributed by atoms with van der Waals surface area (Å²) >= 11 is 11.4. The molecule has 0 aliphatic carbocycles. The van der Waals surface area contributed by atoms with Crippen molar-refractivity contribution in [3.8, 4) is 11.3 Å². The van der Waals surface area contributed by atoms with Crippen LogP contribution in [0.5, 0.6) is 0 Å². The molecule has 0 amide bonds. The molecule has 6 nitrogen and oxygen atoms in total. The highest BCUT2D eigenvalue weighted by Gasteiger charge is 2.17. The molecule has 4 heterocycles. The fraction of sp³-hybridized carbons (Fsp3) is 0.222. The maximum atomic E-state index is 6.37. The average molecular weight is 464 g/mol. The van der Waals surface area contributed by atoms with Crippen molar-refractivity contribution in [3.05, 3.63) is 45.4 Å². The third kappa shape index (κ3) is 3.44. The quantitative estimate of drug-likeness (QED) is 0.376. The highest BCUT2D eigenvalue weighted by Crippen LogP contribution is 2.35. The summed E-state index contributed by atoms with van der Waals surface area (Å²) < 4.78 is 3.11. The van der Waals surface area contributed by atoms with Crippen molar-refractivity contribution in [2.45, 2.75) is 26.8 Å². The van der Waals surface area contributed by atoms with E-state index in [0.717, 1.165) is 36.8 Å². The fourth-order valence-electron chi connectivity index (χ4n) is 2.87. The highest BCUT2D eigenvalue weighted by atomic mass is 79.9. The van der Waals surface area contributed by atoms with Crippen molar-refractivity contribution in [1.82, 2.24) is 24.5 Å². The number of rotatable bonds is 4. The van der Waals surface area contributed by atoms with Gasteiger partial charge < -0.3 is 4.57 Å². The van der Waals surface area contributed by atoms with Crippen LogP contribution in [0.3, 0.4) is 0 Å². The fourth-order valence-corrected chi connectivity index (χ4v) is 4.36. The molecule has 0 unspecified atom stereocenters. The zero-order valence-electron chi connectivity index (χ0n) is 14.9. The van der Waals surface area contributed by atoms with Gasteiger partial charge in [0.1, 0.15) is 0 Å². The second-order valence-corrected chi connectivity index (χ2v) is 8.99. The Hall–Kier alpha value is -2.03. The van der Waals surface area contributed by atoms with Crippen LogP contribution in [0.25, 0.3) is 22.2 Å². The Morgan fingerprint density at radius 2 is 1.96 bits per heavy atom. The van der Waals surface area contributed by atoms with Crippen molar-refractivity contribution in [3.63, 3.8) is 0 Å². The topological polar surface area (TPSA) is 68.5 Å². The molecule has 0 saturated heterocycles. The Morgan fingerprint density at radius 1 is 1.19 bits per heavy atom. The van der Waals surface area contributed by atoms with E-state index in [2.05, 4.69) is 65.8 Å². The predicted octanol–water partition coefficient (Wildman–Crippen LogP) is 6.00. The first kappa shape index (κ1) is 18.3. The van der Waals surface area contributed by atoms with Crippen LogP contribution >= 0.6 is 38.9 Å². The average Bonchev–Trinajstić information content (AvgIpc) is 3.17. The number of hydrogen-bond donors (Lipinski definition) is 1. The molecule has 0 saturated carbocycles. The van der Waals surface area contributed by atoms with Gasteiger partial charge in [-0.2, -0.15) is 0 Å². The molecule has 27 heavy (non-hydrogen) atoms. The number of hydrogen-bond acceptors (Lipinski definition) is 6. The lowest BCUT2D eigenvalue weighted by Gasteiger charge is -2.09. The van der Waals surface area contributed by atoms with Gasteiger partial charge in [0.15, 0.2) is 10.3 Å². The summed E-state index contributed by atoms with van der Waals surface area (Å²) in [5, 5.41) is 5.42. The highest BCUT2D eigenvalue weighted by molar-refractivity contribution is 9.11. The van der Waals surface area contributed by atoms with Crippen LogP contribution in [-0.2, 0) is 0 Å². The minimum atomic E-state index is 0.248. The Kier molecular flexibility index (Phi) is 4.88. The summed E-state index contributed by atoms with van der Waals surface area (Å²) in [7, 11) is 0. The summed E-state index contributed by atoms with van der Waals surface area (Å²) in [4.78, 5) is 17.7. The minimum Gasteiger partial charge on any atom is -0.342 e. The van der Waals surface area contributed by atoms with Crippen LogP contribution in [0.1, 0.15) is 25.6 Å². The number of nitrogens with zero attached hydrogens (tertiary/aromatic N) is 5. The van der Waals surface area contributed by atoms with Gasteiger partial charge in [-0.25, -0.2) is 19.9 Å². The molecule has 0 fully saturated rings. The second kappa shape index (κ2) is 7.18. The molecule has 0 radical (unpaired) electrons. The van der Waals surface area contributed by atoms with Crippen LogP contribution in [0.4, 0.5) is 11.1 Å². The summed E-state index contributed by atoms with van der Waals surface area (Å²) in [6, 6.07) is 4.10. The smallest absolute Gasteiger partial charge is 0.229 e. The molecule has 0 aliphatic heterocycles. The molecular weight excluding hydrogens is 448 g/mol. The Balaban J connectivity index is 1.79. The molecular formula is C18H16BrClN6S. The summed E-state index contributed by atoms with van der Waals surface area (Å²) in [6.07, 6.45) is 5.52. The maximum absolute atomic E-state index is 6.37. The molecule has 0 spiro atoms. The molecule has 0 aromatic carbocycles. The lowest BCUT2D eigenvalue weighted by molar-refractivity contribution is 0.623. The van der Waals surface area contributed by atoms with Crippen molar-refractivity contribution < 1.29 is 0 Å². The number of aryl methyl sites for hydroxylation is 1. The van der Waals surface area contributed by atoms with E-state index in [1.807, 2.05) is 19.1 Å². The maximum Gasteiger partial charge on any atom is 0.229 e. The molecule has 1 N–H and O–H groups in total. The molecule has 4 aromatic heterocycles. The van der Waals surface area contributed by atoms with E-state index in [0.29, 0.717) is 11.1 Å². The Morgan fingerprint density at radius 3 is 2.67 bits per heavy atom. The third-order valence-corrected chi connectivity index (χ3v) is 6.34. The number of thiazole rings is 1. The number of pyridine rings is 1. The van der Waals surface area contributed by atoms with E-state index in [-0.39, 0.29) is 6.04 Å². The SMILES string of the molecule is Cc1nc(Nc2nccc(-c3cn(C(C)C)c4c(Cl)nccc34)n2)sc1Br. The first-order chi connectivity index (χ1) is 12.9. The molecule has 4 aromatic rings. The normalized spacial score (nSPS) is 11.5. The van der Waals surface area contributed by atoms with Crippen LogP contribution in [-0.4, -0.2) is 24.5 Å². The molecule has 4 rings (SSSR count). The first-order valence-corrected chi connectivity index (χ1v) is 10.3. The molecule has 138 valence electrons. The van der Waals surface area contributed by atoms with Gasteiger partial charge >= 0.3 is 0 Å². The monoisotopic (exact) mass is 462 g/mol. The Labute approximate surface area is 173 Å². The predicted molar refractivity (Wildman–Crippen MR) is 114 cm³/mol. The van der Waals surface area contributed by atoms with E-state index in [1.54, 1.807) is 12.4 Å². The van der Waals surface area contributed by atoms with Gasteiger partial charge in [-0.05, 0) is 48.8 Å². The number of aromatic nitrogens is 5. The summed E-state index contributed by atoms with van der Waals surface area (Å²) in [5.41, 5.74) is 3.65. The van der Waals surface area contributed by atoms with Crippen LogP contribution in [0.2, 0.25) is 5.15 Å². The minimum absolute atomic E-state index is 0.248. The van der Waals surface area contributed by atoms with Crippen molar-refractivity contribution in [2.75, 3.05) is 5.32 Å². The van der Waals surface area contributed by atoms with Gasteiger partial charge in [-0.15, -0.1) is 0 Å². The van der Waals surface area contributed by atoms with Crippen molar-refractivity contribution in [2.24, 2.45) is 0 Å². The molecule has 0 aliphatic rings. The van der Waals surface area contributed by atoms with Gasteiger partial charge in [0.2, 0.25) is 5.95 Å². The van der Waals surface area contributed by atoms with Crippen molar-refractivity contribution >= 4 is 60.9 Å². The van der Waals surface area contributed by atoms with Crippen molar-refractivity contribution in [1.29, 1.82) is 0 Å². The summed E-state index contributed by atoms with van der Waals surface area (Å²) in [6.45, 7) is 6.17. The zero-order chi connectivity index (χ0) is 19.1. The lowest BCUT2D eigenvalue weighted by atomic mass is 10.1. The van der Waals surface area contributed by atoms with Gasteiger partial charge in [0.05, 0.1) is 20.7 Å². The van der Waals surface area contributed by atoms with E-state index in [9.17, 15) is 0 Å². The number of anilines is 2. The second-order valence-electron chi connectivity index (χ2n) is 6.31. The van der Waals surface area contributed by atoms with E-state index in [4.69, 9.17) is 11.6 Å². The van der Waals surface area contributed by atoms with E-state index in [1.165, 1.54) is 11.3 Å². The zero-order valence-corrected chi connectivity index (χ0v) is 18.0. The van der Waals surface area contributed by atoms with Gasteiger partial charge in [0.25, 0.3) is 0 Å². The standard InChI is InChI=1S/C18H16BrClN6S/c1-9(2)26-8-12(11-4-6-21-16(20)14(11)26)13-5-7-22-17(24-13)25-18-23-10(3)15(19)27-18/h4-9H,1-3H3,(H,22,23,24,25). The largest absolute Gasteiger partial charge is 0.342 e. The van der Waals surface area contributed by atoms with Crippen LogP contribution < -0.4 is 5.32 Å².